The number of anilines is 1. The van der Waals surface area contributed by atoms with Crippen LogP contribution in [0.15, 0.2) is 36.5 Å². The summed E-state index contributed by atoms with van der Waals surface area (Å²) in [5.41, 5.74) is 0.968. The van der Waals surface area contributed by atoms with Gasteiger partial charge in [-0.25, -0.2) is 9.78 Å². The lowest BCUT2D eigenvalue weighted by molar-refractivity contribution is 0.0525. The number of esters is 1. The molecule has 3 rings (SSSR count). The molecule has 8 nitrogen and oxygen atoms in total. The molecule has 0 atom stereocenters. The minimum absolute atomic E-state index is 0.0559. The number of pyridine rings is 1. The Labute approximate surface area is 176 Å². The molecule has 1 fully saturated rings. The number of benzene rings is 1. The second-order valence-electron chi connectivity index (χ2n) is 6.86. The Morgan fingerprint density at radius 1 is 0.967 bits per heavy atom. The van der Waals surface area contributed by atoms with E-state index in [0.717, 1.165) is 18.8 Å². The van der Waals surface area contributed by atoms with E-state index in [1.54, 1.807) is 45.4 Å². The molecular weight excluding hydrogens is 386 g/mol. The van der Waals surface area contributed by atoms with Crippen molar-refractivity contribution >= 4 is 17.7 Å². The minimum atomic E-state index is -0.377. The van der Waals surface area contributed by atoms with Gasteiger partial charge in [0.05, 0.1) is 26.4 Å². The molecule has 1 aliphatic heterocycles. The first kappa shape index (κ1) is 21.4. The minimum Gasteiger partial charge on any atom is -0.497 e. The number of carbonyl (C=O) groups is 2. The first-order valence-electron chi connectivity index (χ1n) is 9.96. The monoisotopic (exact) mass is 413 g/mol. The van der Waals surface area contributed by atoms with E-state index in [2.05, 4.69) is 9.88 Å². The van der Waals surface area contributed by atoms with Crippen LogP contribution in [-0.2, 0) is 4.74 Å². The first-order valence-corrected chi connectivity index (χ1v) is 9.96. The fourth-order valence-electron chi connectivity index (χ4n) is 3.37. The maximum absolute atomic E-state index is 13.0. The number of hydrogen-bond acceptors (Lipinski definition) is 7. The van der Waals surface area contributed by atoms with Crippen molar-refractivity contribution in [3.05, 3.63) is 47.7 Å². The predicted molar refractivity (Wildman–Crippen MR) is 112 cm³/mol. The average Bonchev–Trinajstić information content (AvgIpc) is 3.04. The zero-order valence-electron chi connectivity index (χ0n) is 17.6. The van der Waals surface area contributed by atoms with Crippen LogP contribution in [0.3, 0.4) is 0 Å². The van der Waals surface area contributed by atoms with Crippen LogP contribution in [0, 0.1) is 0 Å². The number of ether oxygens (including phenoxy) is 3. The molecule has 1 amide bonds. The van der Waals surface area contributed by atoms with Crippen LogP contribution in [0.2, 0.25) is 0 Å². The number of nitrogens with zero attached hydrogens (tertiary/aromatic N) is 3. The molecule has 160 valence electrons. The highest BCUT2D eigenvalue weighted by molar-refractivity contribution is 5.95. The quantitative estimate of drug-likeness (QED) is 0.674. The van der Waals surface area contributed by atoms with E-state index in [4.69, 9.17) is 14.2 Å². The zero-order chi connectivity index (χ0) is 21.5. The molecule has 1 aromatic heterocycles. The molecule has 0 spiro atoms. The lowest BCUT2D eigenvalue weighted by atomic mass is 10.1. The Morgan fingerprint density at radius 2 is 1.70 bits per heavy atom. The van der Waals surface area contributed by atoms with Crippen molar-refractivity contribution in [1.29, 1.82) is 0 Å². The predicted octanol–water partition coefficient (Wildman–Crippen LogP) is 2.63. The Morgan fingerprint density at radius 3 is 2.30 bits per heavy atom. The Kier molecular flexibility index (Phi) is 7.11. The number of hydrogen-bond donors (Lipinski definition) is 0. The summed E-state index contributed by atoms with van der Waals surface area (Å²) < 4.78 is 15.5. The number of rotatable bonds is 6. The Balaban J connectivity index is 1.67. The lowest BCUT2D eigenvalue weighted by Crippen LogP contribution is -2.35. The van der Waals surface area contributed by atoms with Gasteiger partial charge in [-0.3, -0.25) is 4.79 Å². The molecule has 0 aliphatic carbocycles. The summed E-state index contributed by atoms with van der Waals surface area (Å²) in [7, 11) is 3.13. The summed E-state index contributed by atoms with van der Waals surface area (Å²) in [6, 6.07) is 8.73. The van der Waals surface area contributed by atoms with Crippen LogP contribution < -0.4 is 14.4 Å². The van der Waals surface area contributed by atoms with Crippen molar-refractivity contribution in [2.45, 2.75) is 13.3 Å². The van der Waals surface area contributed by atoms with Gasteiger partial charge < -0.3 is 24.0 Å². The van der Waals surface area contributed by atoms with Crippen molar-refractivity contribution in [2.75, 3.05) is 51.9 Å². The largest absolute Gasteiger partial charge is 0.497 e. The van der Waals surface area contributed by atoms with Crippen molar-refractivity contribution in [2.24, 2.45) is 0 Å². The van der Waals surface area contributed by atoms with Gasteiger partial charge in [0, 0.05) is 44.0 Å². The van der Waals surface area contributed by atoms with Gasteiger partial charge >= 0.3 is 5.97 Å². The molecule has 0 unspecified atom stereocenters. The maximum Gasteiger partial charge on any atom is 0.339 e. The molecule has 2 heterocycles. The fraction of sp³-hybridized carbons (Fsp3) is 0.409. The van der Waals surface area contributed by atoms with Crippen LogP contribution in [0.1, 0.15) is 34.1 Å². The molecule has 0 saturated carbocycles. The third-order valence-electron chi connectivity index (χ3n) is 4.96. The van der Waals surface area contributed by atoms with E-state index in [9.17, 15) is 9.59 Å². The second kappa shape index (κ2) is 9.96. The summed E-state index contributed by atoms with van der Waals surface area (Å²) in [5.74, 6) is 1.51. The van der Waals surface area contributed by atoms with E-state index in [-0.39, 0.29) is 11.9 Å². The van der Waals surface area contributed by atoms with Gasteiger partial charge in [0.25, 0.3) is 5.91 Å². The van der Waals surface area contributed by atoms with Crippen molar-refractivity contribution in [3.8, 4) is 11.5 Å². The summed E-state index contributed by atoms with van der Waals surface area (Å²) in [5, 5.41) is 0. The van der Waals surface area contributed by atoms with Gasteiger partial charge in [0.1, 0.15) is 17.3 Å². The average molecular weight is 413 g/mol. The standard InChI is InChI=1S/C22H27N3O5/c1-4-30-22(27)16-6-7-20(23-15-16)24-8-5-9-25(11-10-24)21(26)17-12-18(28-2)14-19(13-17)29-3/h6-7,12-15H,4-5,8-11H2,1-3H3. The summed E-state index contributed by atoms with van der Waals surface area (Å²) in [6.45, 7) is 4.74. The van der Waals surface area contributed by atoms with Crippen LogP contribution in [0.25, 0.3) is 0 Å². The normalized spacial score (nSPS) is 14.1. The van der Waals surface area contributed by atoms with Crippen molar-refractivity contribution in [1.82, 2.24) is 9.88 Å². The smallest absolute Gasteiger partial charge is 0.339 e. The number of carbonyl (C=O) groups excluding carboxylic acids is 2. The van der Waals surface area contributed by atoms with E-state index in [1.165, 1.54) is 6.20 Å². The van der Waals surface area contributed by atoms with Gasteiger partial charge in [0.2, 0.25) is 0 Å². The van der Waals surface area contributed by atoms with E-state index in [1.807, 2.05) is 11.0 Å². The Bertz CT molecular complexity index is 863. The van der Waals surface area contributed by atoms with E-state index < -0.39 is 0 Å². The maximum atomic E-state index is 13.0. The third-order valence-corrected chi connectivity index (χ3v) is 4.96. The first-order chi connectivity index (χ1) is 14.5. The highest BCUT2D eigenvalue weighted by Gasteiger charge is 2.22. The molecule has 0 radical (unpaired) electrons. The van der Waals surface area contributed by atoms with Crippen LogP contribution >= 0.6 is 0 Å². The molecule has 8 heteroatoms. The molecular formula is C22H27N3O5. The highest BCUT2D eigenvalue weighted by atomic mass is 16.5. The van der Waals surface area contributed by atoms with Crippen molar-refractivity contribution < 1.29 is 23.8 Å². The van der Waals surface area contributed by atoms with Gasteiger partial charge in [-0.2, -0.15) is 0 Å². The van der Waals surface area contributed by atoms with Crippen LogP contribution in [0.4, 0.5) is 5.82 Å². The van der Waals surface area contributed by atoms with E-state index >= 15 is 0 Å². The summed E-state index contributed by atoms with van der Waals surface area (Å²) in [4.78, 5) is 33.2. The fourth-order valence-corrected chi connectivity index (χ4v) is 3.37. The van der Waals surface area contributed by atoms with Gasteiger partial charge in [-0.15, -0.1) is 0 Å². The molecule has 0 N–H and O–H groups in total. The number of methoxy groups -OCH3 is 2. The molecule has 1 saturated heterocycles. The van der Waals surface area contributed by atoms with Crippen LogP contribution in [-0.4, -0.2) is 68.8 Å². The lowest BCUT2D eigenvalue weighted by Gasteiger charge is -2.23. The Hall–Kier alpha value is -3.29. The molecule has 1 aliphatic rings. The number of aromatic nitrogens is 1. The van der Waals surface area contributed by atoms with Crippen molar-refractivity contribution in [3.63, 3.8) is 0 Å². The van der Waals surface area contributed by atoms with Gasteiger partial charge in [0.15, 0.2) is 0 Å². The molecule has 0 bridgehead atoms. The van der Waals surface area contributed by atoms with Crippen LogP contribution in [0.5, 0.6) is 11.5 Å². The SMILES string of the molecule is CCOC(=O)c1ccc(N2CCCN(C(=O)c3cc(OC)cc(OC)c3)CC2)nc1. The van der Waals surface area contributed by atoms with Gasteiger partial charge in [-0.1, -0.05) is 0 Å². The third kappa shape index (κ3) is 5.00. The molecule has 1 aromatic carbocycles. The van der Waals surface area contributed by atoms with E-state index in [0.29, 0.717) is 48.9 Å². The van der Waals surface area contributed by atoms with Gasteiger partial charge in [-0.05, 0) is 37.6 Å². The molecule has 30 heavy (non-hydrogen) atoms. The number of amides is 1. The summed E-state index contributed by atoms with van der Waals surface area (Å²) >= 11 is 0. The topological polar surface area (TPSA) is 81.2 Å². The zero-order valence-corrected chi connectivity index (χ0v) is 17.6. The highest BCUT2D eigenvalue weighted by Crippen LogP contribution is 2.24. The second-order valence-corrected chi connectivity index (χ2v) is 6.86. The molecule has 2 aromatic rings. The summed E-state index contributed by atoms with van der Waals surface area (Å²) in [6.07, 6.45) is 2.35.